The first-order chi connectivity index (χ1) is 15.4. The van der Waals surface area contributed by atoms with Gasteiger partial charge in [0, 0.05) is 31.6 Å². The summed E-state index contributed by atoms with van der Waals surface area (Å²) in [5.74, 6) is 2.32. The minimum Gasteiger partial charge on any atom is -0.394 e. The SMILES string of the molecule is Cc1nc(NCCCC2CCN(c3nc(C(C)C)no3)CC2)ccc1C(=O)N[C@H](C)CO. The fourth-order valence-electron chi connectivity index (χ4n) is 3.86. The number of amides is 1. The van der Waals surface area contributed by atoms with Crippen molar-refractivity contribution in [2.24, 2.45) is 5.92 Å². The third-order valence-electron chi connectivity index (χ3n) is 5.91. The first-order valence-electron chi connectivity index (χ1n) is 11.6. The van der Waals surface area contributed by atoms with Gasteiger partial charge < -0.3 is 25.2 Å². The molecule has 2 aromatic rings. The molecule has 0 aromatic carbocycles. The van der Waals surface area contributed by atoms with E-state index in [1.165, 1.54) is 6.42 Å². The van der Waals surface area contributed by atoms with Gasteiger partial charge in [0.05, 0.1) is 17.9 Å². The zero-order valence-corrected chi connectivity index (χ0v) is 19.6. The predicted octanol–water partition coefficient (Wildman–Crippen LogP) is 3.12. The van der Waals surface area contributed by atoms with E-state index in [0.717, 1.165) is 50.5 Å². The maximum absolute atomic E-state index is 12.2. The molecule has 176 valence electrons. The van der Waals surface area contributed by atoms with Gasteiger partial charge in [0.2, 0.25) is 0 Å². The Kier molecular flexibility index (Phi) is 8.44. The van der Waals surface area contributed by atoms with Crippen LogP contribution in [0.4, 0.5) is 11.8 Å². The van der Waals surface area contributed by atoms with Crippen molar-refractivity contribution >= 4 is 17.7 Å². The predicted molar refractivity (Wildman–Crippen MR) is 124 cm³/mol. The van der Waals surface area contributed by atoms with E-state index in [2.05, 4.69) is 44.5 Å². The Hall–Kier alpha value is -2.68. The number of aryl methyl sites for hydroxylation is 1. The summed E-state index contributed by atoms with van der Waals surface area (Å²) >= 11 is 0. The van der Waals surface area contributed by atoms with Crippen LogP contribution in [0, 0.1) is 12.8 Å². The maximum Gasteiger partial charge on any atom is 0.324 e. The quantitative estimate of drug-likeness (QED) is 0.479. The van der Waals surface area contributed by atoms with E-state index >= 15 is 0 Å². The van der Waals surface area contributed by atoms with Crippen molar-refractivity contribution in [1.29, 1.82) is 0 Å². The summed E-state index contributed by atoms with van der Waals surface area (Å²) in [5.41, 5.74) is 1.20. The molecule has 0 unspecified atom stereocenters. The van der Waals surface area contributed by atoms with Crippen molar-refractivity contribution in [3.05, 3.63) is 29.2 Å². The average molecular weight is 445 g/mol. The maximum atomic E-state index is 12.2. The lowest BCUT2D eigenvalue weighted by Gasteiger charge is -2.30. The lowest BCUT2D eigenvalue weighted by atomic mass is 9.92. The highest BCUT2D eigenvalue weighted by molar-refractivity contribution is 5.95. The van der Waals surface area contributed by atoms with Crippen molar-refractivity contribution in [2.75, 3.05) is 36.5 Å². The Morgan fingerprint density at radius 3 is 2.62 bits per heavy atom. The molecule has 0 aliphatic carbocycles. The van der Waals surface area contributed by atoms with Crippen LogP contribution in [0.15, 0.2) is 16.7 Å². The van der Waals surface area contributed by atoms with E-state index in [4.69, 9.17) is 9.63 Å². The van der Waals surface area contributed by atoms with Gasteiger partial charge in [-0.3, -0.25) is 4.79 Å². The highest BCUT2D eigenvalue weighted by Crippen LogP contribution is 2.26. The number of pyridine rings is 1. The summed E-state index contributed by atoms with van der Waals surface area (Å²) in [6.45, 7) is 10.4. The minimum absolute atomic E-state index is 0.0904. The van der Waals surface area contributed by atoms with E-state index in [1.54, 1.807) is 13.0 Å². The van der Waals surface area contributed by atoms with Gasteiger partial charge in [-0.05, 0) is 57.6 Å². The molecule has 1 fully saturated rings. The smallest absolute Gasteiger partial charge is 0.324 e. The number of rotatable bonds is 10. The van der Waals surface area contributed by atoms with Crippen molar-refractivity contribution < 1.29 is 14.4 Å². The second kappa shape index (κ2) is 11.3. The normalized spacial score (nSPS) is 15.8. The van der Waals surface area contributed by atoms with E-state index < -0.39 is 0 Å². The van der Waals surface area contributed by atoms with E-state index in [9.17, 15) is 4.79 Å². The molecule has 9 nitrogen and oxygen atoms in total. The topological polar surface area (TPSA) is 116 Å². The first kappa shape index (κ1) is 24.0. The van der Waals surface area contributed by atoms with Crippen molar-refractivity contribution in [1.82, 2.24) is 20.4 Å². The number of carbonyl (C=O) groups excluding carboxylic acids is 1. The zero-order valence-electron chi connectivity index (χ0n) is 19.6. The van der Waals surface area contributed by atoms with E-state index in [0.29, 0.717) is 23.2 Å². The molecule has 0 bridgehead atoms. The molecule has 2 aromatic heterocycles. The summed E-state index contributed by atoms with van der Waals surface area (Å²) in [6, 6.07) is 3.98. The first-order valence-corrected chi connectivity index (χ1v) is 11.6. The number of aliphatic hydroxyl groups is 1. The third-order valence-corrected chi connectivity index (χ3v) is 5.91. The molecular weight excluding hydrogens is 408 g/mol. The second-order valence-electron chi connectivity index (χ2n) is 8.98. The summed E-state index contributed by atoms with van der Waals surface area (Å²) < 4.78 is 5.42. The number of aliphatic hydroxyl groups excluding tert-OH is 1. The number of piperidine rings is 1. The summed E-state index contributed by atoms with van der Waals surface area (Å²) in [7, 11) is 0. The van der Waals surface area contributed by atoms with Gasteiger partial charge in [-0.2, -0.15) is 4.98 Å². The van der Waals surface area contributed by atoms with Crippen LogP contribution in [0.5, 0.6) is 0 Å². The molecule has 1 saturated heterocycles. The highest BCUT2D eigenvalue weighted by Gasteiger charge is 2.23. The average Bonchev–Trinajstić information content (AvgIpc) is 3.28. The Morgan fingerprint density at radius 2 is 2.00 bits per heavy atom. The Balaban J connectivity index is 1.37. The molecule has 1 atom stereocenters. The van der Waals surface area contributed by atoms with Crippen LogP contribution in [0.3, 0.4) is 0 Å². The largest absolute Gasteiger partial charge is 0.394 e. The van der Waals surface area contributed by atoms with Crippen molar-refractivity contribution in [3.63, 3.8) is 0 Å². The van der Waals surface area contributed by atoms with Gasteiger partial charge >= 0.3 is 6.01 Å². The van der Waals surface area contributed by atoms with Crippen LogP contribution < -0.4 is 15.5 Å². The molecule has 9 heteroatoms. The molecule has 3 rings (SSSR count). The standard InChI is InChI=1S/C23H36N6O3/c1-15(2)21-27-23(32-28-21)29-12-9-18(10-13-29)6-5-11-24-20-8-7-19(17(4)26-20)22(31)25-16(3)14-30/h7-8,15-16,18,30H,5-6,9-14H2,1-4H3,(H,24,26)(H,25,31)/t16-/m1/s1. The number of nitrogens with one attached hydrogen (secondary N) is 2. The third kappa shape index (κ3) is 6.41. The summed E-state index contributed by atoms with van der Waals surface area (Å²) in [6.07, 6.45) is 4.50. The molecular formula is C23H36N6O3. The Morgan fingerprint density at radius 1 is 1.25 bits per heavy atom. The Bertz CT molecular complexity index is 876. The molecule has 1 aliphatic heterocycles. The molecule has 3 heterocycles. The van der Waals surface area contributed by atoms with E-state index in [-0.39, 0.29) is 24.5 Å². The number of aromatic nitrogens is 3. The van der Waals surface area contributed by atoms with Crippen molar-refractivity contribution in [3.8, 4) is 0 Å². The van der Waals surface area contributed by atoms with Crippen LogP contribution in [-0.4, -0.2) is 58.4 Å². The molecule has 1 aliphatic rings. The van der Waals surface area contributed by atoms with Gasteiger partial charge in [0.1, 0.15) is 5.82 Å². The molecule has 3 N–H and O–H groups in total. The number of anilines is 2. The van der Waals surface area contributed by atoms with Gasteiger partial charge in [-0.15, -0.1) is 0 Å². The highest BCUT2D eigenvalue weighted by atomic mass is 16.5. The number of carbonyl (C=O) groups is 1. The van der Waals surface area contributed by atoms with Crippen LogP contribution in [0.2, 0.25) is 0 Å². The number of hydrogen-bond donors (Lipinski definition) is 3. The van der Waals surface area contributed by atoms with Gasteiger partial charge in [0.25, 0.3) is 5.91 Å². The zero-order chi connectivity index (χ0) is 23.1. The minimum atomic E-state index is -0.281. The van der Waals surface area contributed by atoms with Crippen molar-refractivity contribution in [2.45, 2.75) is 65.3 Å². The molecule has 1 amide bonds. The fraction of sp³-hybridized carbons (Fsp3) is 0.652. The molecule has 0 spiro atoms. The van der Waals surface area contributed by atoms with Crippen LogP contribution >= 0.6 is 0 Å². The molecule has 0 radical (unpaired) electrons. The molecule has 0 saturated carbocycles. The summed E-state index contributed by atoms with van der Waals surface area (Å²) in [5, 5.41) is 19.3. The van der Waals surface area contributed by atoms with Gasteiger partial charge in [-0.25, -0.2) is 4.98 Å². The van der Waals surface area contributed by atoms with Crippen LogP contribution in [0.1, 0.15) is 74.2 Å². The lowest BCUT2D eigenvalue weighted by Crippen LogP contribution is -2.35. The molecule has 32 heavy (non-hydrogen) atoms. The monoisotopic (exact) mass is 444 g/mol. The number of hydrogen-bond acceptors (Lipinski definition) is 8. The van der Waals surface area contributed by atoms with Gasteiger partial charge in [0.15, 0.2) is 5.82 Å². The number of nitrogens with zero attached hydrogens (tertiary/aromatic N) is 4. The van der Waals surface area contributed by atoms with Crippen LogP contribution in [0.25, 0.3) is 0 Å². The lowest BCUT2D eigenvalue weighted by molar-refractivity contribution is 0.0921. The van der Waals surface area contributed by atoms with Crippen LogP contribution in [-0.2, 0) is 0 Å². The summed E-state index contributed by atoms with van der Waals surface area (Å²) in [4.78, 5) is 23.4. The fourth-order valence-corrected chi connectivity index (χ4v) is 3.86. The Labute approximate surface area is 190 Å². The second-order valence-corrected chi connectivity index (χ2v) is 8.98. The van der Waals surface area contributed by atoms with Gasteiger partial charge in [-0.1, -0.05) is 19.0 Å². The van der Waals surface area contributed by atoms with E-state index in [1.807, 2.05) is 13.0 Å².